The van der Waals surface area contributed by atoms with Crippen LogP contribution < -0.4 is 29.6 Å². The van der Waals surface area contributed by atoms with Crippen molar-refractivity contribution in [3.63, 3.8) is 0 Å². The largest absolute Gasteiger partial charge is 0.497 e. The van der Waals surface area contributed by atoms with Gasteiger partial charge in [-0.2, -0.15) is 0 Å². The molecule has 2 N–H and O–H groups in total. The molecule has 0 heterocycles. The molecule has 0 fully saturated rings. The number of benzene rings is 3. The van der Waals surface area contributed by atoms with Crippen LogP contribution in [0, 0.1) is 0 Å². The van der Waals surface area contributed by atoms with Gasteiger partial charge in [0.25, 0.3) is 11.8 Å². The molecule has 35 heavy (non-hydrogen) atoms. The third-order valence-corrected chi connectivity index (χ3v) is 4.97. The summed E-state index contributed by atoms with van der Waals surface area (Å²) >= 11 is 0. The lowest BCUT2D eigenvalue weighted by molar-refractivity contribution is -0.122. The van der Waals surface area contributed by atoms with Crippen molar-refractivity contribution in [1.82, 2.24) is 0 Å². The predicted octanol–water partition coefficient (Wildman–Crippen LogP) is 5.15. The molecule has 0 aliphatic heterocycles. The number of methoxy groups -OCH3 is 1. The van der Waals surface area contributed by atoms with Gasteiger partial charge >= 0.3 is 0 Å². The van der Waals surface area contributed by atoms with E-state index in [1.54, 1.807) is 74.7 Å². The number of hydrogen-bond donors (Lipinski definition) is 2. The Morgan fingerprint density at radius 3 is 1.89 bits per heavy atom. The second kappa shape index (κ2) is 12.3. The summed E-state index contributed by atoms with van der Waals surface area (Å²) in [7, 11) is 1.58. The van der Waals surface area contributed by atoms with E-state index in [0.29, 0.717) is 53.2 Å². The minimum atomic E-state index is -0.786. The average molecular weight is 479 g/mol. The van der Waals surface area contributed by atoms with E-state index in [0.717, 1.165) is 0 Å². The minimum absolute atomic E-state index is 0.285. The van der Waals surface area contributed by atoms with Crippen LogP contribution in [0.4, 0.5) is 11.4 Å². The highest BCUT2D eigenvalue weighted by Gasteiger charge is 2.20. The monoisotopic (exact) mass is 478 g/mol. The van der Waals surface area contributed by atoms with E-state index in [1.807, 2.05) is 19.9 Å². The summed E-state index contributed by atoms with van der Waals surface area (Å²) in [6.45, 7) is 6.05. The standard InChI is InChI=1S/C27H30N2O6/c1-5-33-24-17-23(29-27(31)19-10-8-7-9-11-19)25(34-6-2)16-22(24)28-26(30)18(3)35-21-14-12-20(32-4)13-15-21/h7-18H,5-6H2,1-4H3,(H,28,30)(H,29,31). The van der Waals surface area contributed by atoms with E-state index in [1.165, 1.54) is 0 Å². The average Bonchev–Trinajstić information content (AvgIpc) is 2.87. The van der Waals surface area contributed by atoms with Crippen LogP contribution in [0.3, 0.4) is 0 Å². The normalized spacial score (nSPS) is 11.2. The summed E-state index contributed by atoms with van der Waals surface area (Å²) in [6, 6.07) is 19.1. The van der Waals surface area contributed by atoms with Crippen molar-refractivity contribution in [1.29, 1.82) is 0 Å². The van der Waals surface area contributed by atoms with Gasteiger partial charge in [-0.3, -0.25) is 9.59 Å². The van der Waals surface area contributed by atoms with Crippen LogP contribution in [0.15, 0.2) is 66.7 Å². The Morgan fingerprint density at radius 2 is 1.34 bits per heavy atom. The minimum Gasteiger partial charge on any atom is -0.497 e. The first kappa shape index (κ1) is 25.4. The first-order valence-electron chi connectivity index (χ1n) is 11.4. The molecule has 0 saturated heterocycles. The smallest absolute Gasteiger partial charge is 0.265 e. The topological polar surface area (TPSA) is 95.1 Å². The van der Waals surface area contributed by atoms with E-state index in [2.05, 4.69) is 10.6 Å². The van der Waals surface area contributed by atoms with E-state index in [-0.39, 0.29) is 11.8 Å². The van der Waals surface area contributed by atoms with Crippen molar-refractivity contribution < 1.29 is 28.5 Å². The number of amides is 2. The molecule has 0 bridgehead atoms. The van der Waals surface area contributed by atoms with E-state index >= 15 is 0 Å². The van der Waals surface area contributed by atoms with Crippen LogP contribution in [-0.2, 0) is 4.79 Å². The van der Waals surface area contributed by atoms with Gasteiger partial charge in [0.15, 0.2) is 6.10 Å². The number of rotatable bonds is 11. The number of carbonyl (C=O) groups is 2. The number of ether oxygens (including phenoxy) is 4. The zero-order chi connectivity index (χ0) is 25.2. The number of nitrogens with one attached hydrogen (secondary N) is 2. The molecule has 8 heteroatoms. The maximum absolute atomic E-state index is 12.9. The van der Waals surface area contributed by atoms with Crippen molar-refractivity contribution in [2.24, 2.45) is 0 Å². The molecule has 184 valence electrons. The lowest BCUT2D eigenvalue weighted by Gasteiger charge is -2.19. The fourth-order valence-corrected chi connectivity index (χ4v) is 3.24. The lowest BCUT2D eigenvalue weighted by Crippen LogP contribution is -2.30. The molecular formula is C27H30N2O6. The van der Waals surface area contributed by atoms with Gasteiger partial charge in [-0.15, -0.1) is 0 Å². The third kappa shape index (κ3) is 6.89. The molecule has 8 nitrogen and oxygen atoms in total. The highest BCUT2D eigenvalue weighted by atomic mass is 16.5. The maximum Gasteiger partial charge on any atom is 0.265 e. The zero-order valence-electron chi connectivity index (χ0n) is 20.3. The molecule has 0 radical (unpaired) electrons. The summed E-state index contributed by atoms with van der Waals surface area (Å²) in [4.78, 5) is 25.6. The van der Waals surface area contributed by atoms with Crippen LogP contribution in [0.5, 0.6) is 23.0 Å². The van der Waals surface area contributed by atoms with Gasteiger partial charge in [-0.25, -0.2) is 0 Å². The summed E-state index contributed by atoms with van der Waals surface area (Å²) in [6.07, 6.45) is -0.786. The van der Waals surface area contributed by atoms with Gasteiger partial charge in [-0.05, 0) is 57.2 Å². The quantitative estimate of drug-likeness (QED) is 0.396. The molecule has 3 aromatic carbocycles. The summed E-state index contributed by atoms with van der Waals surface area (Å²) < 4.78 is 22.4. The molecule has 3 aromatic rings. The Kier molecular flexibility index (Phi) is 8.95. The summed E-state index contributed by atoms with van der Waals surface area (Å²) in [5.74, 6) is 1.37. The highest BCUT2D eigenvalue weighted by Crippen LogP contribution is 2.37. The van der Waals surface area contributed by atoms with E-state index in [4.69, 9.17) is 18.9 Å². The van der Waals surface area contributed by atoms with Crippen LogP contribution in [-0.4, -0.2) is 38.2 Å². The lowest BCUT2D eigenvalue weighted by atomic mass is 10.2. The Balaban J connectivity index is 1.81. The zero-order valence-corrected chi connectivity index (χ0v) is 20.3. The Bertz CT molecular complexity index is 1130. The van der Waals surface area contributed by atoms with E-state index < -0.39 is 6.10 Å². The molecule has 2 amide bonds. The Labute approximate surface area is 205 Å². The van der Waals surface area contributed by atoms with Gasteiger partial charge in [-0.1, -0.05) is 18.2 Å². The predicted molar refractivity (Wildman–Crippen MR) is 135 cm³/mol. The molecular weight excluding hydrogens is 448 g/mol. The highest BCUT2D eigenvalue weighted by molar-refractivity contribution is 6.05. The number of anilines is 2. The van der Waals surface area contributed by atoms with Crippen molar-refractivity contribution >= 4 is 23.2 Å². The van der Waals surface area contributed by atoms with Gasteiger partial charge in [0, 0.05) is 17.7 Å². The number of hydrogen-bond acceptors (Lipinski definition) is 6. The van der Waals surface area contributed by atoms with E-state index in [9.17, 15) is 9.59 Å². The molecule has 0 saturated carbocycles. The van der Waals surface area contributed by atoms with Crippen molar-refractivity contribution in [3.8, 4) is 23.0 Å². The second-order valence-corrected chi connectivity index (χ2v) is 7.46. The van der Waals surface area contributed by atoms with Crippen molar-refractivity contribution in [2.45, 2.75) is 26.9 Å². The van der Waals surface area contributed by atoms with Gasteiger partial charge < -0.3 is 29.6 Å². The molecule has 0 aliphatic carbocycles. The van der Waals surface area contributed by atoms with Crippen molar-refractivity contribution in [2.75, 3.05) is 31.0 Å². The third-order valence-electron chi connectivity index (χ3n) is 4.97. The van der Waals surface area contributed by atoms with Gasteiger partial charge in [0.2, 0.25) is 0 Å². The SMILES string of the molecule is CCOc1cc(NC(=O)C(C)Oc2ccc(OC)cc2)c(OCC)cc1NC(=O)c1ccccc1. The summed E-state index contributed by atoms with van der Waals surface area (Å²) in [5, 5.41) is 5.71. The van der Waals surface area contributed by atoms with Gasteiger partial charge in [0.05, 0.1) is 31.7 Å². The molecule has 1 unspecified atom stereocenters. The van der Waals surface area contributed by atoms with Crippen LogP contribution in [0.25, 0.3) is 0 Å². The first-order chi connectivity index (χ1) is 16.9. The summed E-state index contributed by atoms with van der Waals surface area (Å²) in [5.41, 5.74) is 1.35. The molecule has 0 aliphatic rings. The fraction of sp³-hybridized carbons (Fsp3) is 0.259. The molecule has 0 spiro atoms. The number of carbonyl (C=O) groups excluding carboxylic acids is 2. The molecule has 3 rings (SSSR count). The fourth-order valence-electron chi connectivity index (χ4n) is 3.24. The Morgan fingerprint density at radius 1 is 0.800 bits per heavy atom. The maximum atomic E-state index is 12.9. The first-order valence-corrected chi connectivity index (χ1v) is 11.4. The Hall–Kier alpha value is -4.20. The van der Waals surface area contributed by atoms with Crippen LogP contribution in [0.1, 0.15) is 31.1 Å². The van der Waals surface area contributed by atoms with Gasteiger partial charge in [0.1, 0.15) is 23.0 Å². The van der Waals surface area contributed by atoms with Crippen molar-refractivity contribution in [3.05, 3.63) is 72.3 Å². The van der Waals surface area contributed by atoms with Crippen LogP contribution >= 0.6 is 0 Å². The second-order valence-electron chi connectivity index (χ2n) is 7.46. The van der Waals surface area contributed by atoms with Crippen LogP contribution in [0.2, 0.25) is 0 Å². The molecule has 1 atom stereocenters. The molecule has 0 aromatic heterocycles.